The molecule has 0 spiro atoms. The largest absolute Gasteiger partial charge is 0.345 e. The number of benzene rings is 1. The quantitative estimate of drug-likeness (QED) is 0.736. The smallest absolute Gasteiger partial charge is 0.242 e. The molecular formula is C12H16N6O. The highest BCUT2D eigenvalue weighted by molar-refractivity contribution is 5.83. The molecule has 0 saturated carbocycles. The average Bonchev–Trinajstić information content (AvgIpc) is 2.92. The van der Waals surface area contributed by atoms with Crippen molar-refractivity contribution < 1.29 is 4.79 Å². The number of carbonyl (C=O) groups excluding carboxylic acids is 1. The molecule has 7 heteroatoms. The summed E-state index contributed by atoms with van der Waals surface area (Å²) in [6, 6.07) is 6.48. The summed E-state index contributed by atoms with van der Waals surface area (Å²) in [6.45, 7) is 3.75. The SMILES string of the molecule is Cc1ccc(C(N)C(=O)NC(C)c2nn[nH]n2)cc1. The van der Waals surface area contributed by atoms with E-state index in [2.05, 4.69) is 25.9 Å². The van der Waals surface area contributed by atoms with E-state index in [0.29, 0.717) is 5.82 Å². The third-order valence-electron chi connectivity index (χ3n) is 2.83. The Kier molecular flexibility index (Phi) is 3.86. The van der Waals surface area contributed by atoms with E-state index in [1.165, 1.54) is 0 Å². The minimum Gasteiger partial charge on any atom is -0.345 e. The maximum absolute atomic E-state index is 12.0. The maximum Gasteiger partial charge on any atom is 0.242 e. The van der Waals surface area contributed by atoms with Gasteiger partial charge in [-0.2, -0.15) is 5.21 Å². The number of tetrazole rings is 1. The number of carbonyl (C=O) groups is 1. The lowest BCUT2D eigenvalue weighted by atomic mass is 10.1. The number of hydrogen-bond acceptors (Lipinski definition) is 5. The summed E-state index contributed by atoms with van der Waals surface area (Å²) in [6.07, 6.45) is 0. The highest BCUT2D eigenvalue weighted by atomic mass is 16.2. The van der Waals surface area contributed by atoms with Gasteiger partial charge in [0, 0.05) is 0 Å². The van der Waals surface area contributed by atoms with Crippen LogP contribution in [0.1, 0.15) is 36.0 Å². The van der Waals surface area contributed by atoms with E-state index < -0.39 is 6.04 Å². The van der Waals surface area contributed by atoms with E-state index in [9.17, 15) is 4.79 Å². The highest BCUT2D eigenvalue weighted by Crippen LogP contribution is 2.13. The molecule has 0 aliphatic carbocycles. The van der Waals surface area contributed by atoms with Crippen molar-refractivity contribution in [2.45, 2.75) is 25.9 Å². The number of aromatic nitrogens is 4. The molecule has 1 aromatic carbocycles. The predicted molar refractivity (Wildman–Crippen MR) is 68.8 cm³/mol. The van der Waals surface area contributed by atoms with Gasteiger partial charge in [-0.05, 0) is 19.4 Å². The van der Waals surface area contributed by atoms with Gasteiger partial charge in [-0.25, -0.2) is 0 Å². The third-order valence-corrected chi connectivity index (χ3v) is 2.83. The van der Waals surface area contributed by atoms with Crippen molar-refractivity contribution in [3.05, 3.63) is 41.2 Å². The molecule has 1 aromatic heterocycles. The second-order valence-electron chi connectivity index (χ2n) is 4.39. The summed E-state index contributed by atoms with van der Waals surface area (Å²) < 4.78 is 0. The number of nitrogens with zero attached hydrogens (tertiary/aromatic N) is 3. The summed E-state index contributed by atoms with van der Waals surface area (Å²) in [5.41, 5.74) is 7.80. The van der Waals surface area contributed by atoms with Gasteiger partial charge in [-0.3, -0.25) is 4.79 Å². The predicted octanol–water partition coefficient (Wildman–Crippen LogP) is 0.385. The summed E-state index contributed by atoms with van der Waals surface area (Å²) in [7, 11) is 0. The molecule has 19 heavy (non-hydrogen) atoms. The lowest BCUT2D eigenvalue weighted by molar-refractivity contribution is -0.123. The molecule has 100 valence electrons. The van der Waals surface area contributed by atoms with Crippen LogP contribution in [0, 0.1) is 6.92 Å². The molecular weight excluding hydrogens is 244 g/mol. The van der Waals surface area contributed by atoms with Crippen LogP contribution in [0.5, 0.6) is 0 Å². The molecule has 2 atom stereocenters. The molecule has 0 bridgehead atoms. The van der Waals surface area contributed by atoms with Crippen LogP contribution in [-0.2, 0) is 4.79 Å². The zero-order chi connectivity index (χ0) is 13.8. The number of aromatic amines is 1. The van der Waals surface area contributed by atoms with E-state index in [4.69, 9.17) is 5.73 Å². The number of hydrogen-bond donors (Lipinski definition) is 3. The fraction of sp³-hybridized carbons (Fsp3) is 0.333. The topological polar surface area (TPSA) is 110 Å². The molecule has 0 saturated heterocycles. The van der Waals surface area contributed by atoms with Crippen molar-refractivity contribution in [2.75, 3.05) is 0 Å². The molecule has 0 aliphatic rings. The molecule has 1 heterocycles. The second kappa shape index (κ2) is 5.57. The number of H-pyrrole nitrogens is 1. The summed E-state index contributed by atoms with van der Waals surface area (Å²) >= 11 is 0. The van der Waals surface area contributed by atoms with E-state index >= 15 is 0 Å². The summed E-state index contributed by atoms with van der Waals surface area (Å²) in [5.74, 6) is 0.144. The van der Waals surface area contributed by atoms with Crippen LogP contribution in [0.25, 0.3) is 0 Å². The molecule has 2 aromatic rings. The Balaban J connectivity index is 2.01. The van der Waals surface area contributed by atoms with Crippen molar-refractivity contribution in [3.63, 3.8) is 0 Å². The lowest BCUT2D eigenvalue weighted by Gasteiger charge is -2.15. The molecule has 2 rings (SSSR count). The zero-order valence-electron chi connectivity index (χ0n) is 10.8. The number of aryl methyl sites for hydroxylation is 1. The van der Waals surface area contributed by atoms with Crippen LogP contribution in [0.3, 0.4) is 0 Å². The van der Waals surface area contributed by atoms with Crippen LogP contribution in [-0.4, -0.2) is 26.5 Å². The first-order chi connectivity index (χ1) is 9.08. The number of amides is 1. The van der Waals surface area contributed by atoms with E-state index in [-0.39, 0.29) is 11.9 Å². The van der Waals surface area contributed by atoms with Gasteiger partial charge in [0.15, 0.2) is 5.82 Å². The van der Waals surface area contributed by atoms with Gasteiger partial charge in [0.1, 0.15) is 6.04 Å². The molecule has 4 N–H and O–H groups in total. The number of nitrogens with one attached hydrogen (secondary N) is 2. The Bertz CT molecular complexity index is 536. The van der Waals surface area contributed by atoms with Gasteiger partial charge in [0.05, 0.1) is 6.04 Å². The Morgan fingerprint density at radius 3 is 2.63 bits per heavy atom. The monoisotopic (exact) mass is 260 g/mol. The average molecular weight is 260 g/mol. The van der Waals surface area contributed by atoms with Crippen molar-refractivity contribution in [1.82, 2.24) is 25.9 Å². The van der Waals surface area contributed by atoms with E-state index in [0.717, 1.165) is 11.1 Å². The van der Waals surface area contributed by atoms with E-state index in [1.54, 1.807) is 6.92 Å². The first-order valence-corrected chi connectivity index (χ1v) is 5.94. The van der Waals surface area contributed by atoms with Gasteiger partial charge < -0.3 is 11.1 Å². The van der Waals surface area contributed by atoms with Crippen molar-refractivity contribution in [1.29, 1.82) is 0 Å². The zero-order valence-corrected chi connectivity index (χ0v) is 10.8. The standard InChI is InChI=1S/C12H16N6O/c1-7-3-5-9(6-4-7)10(13)12(19)14-8(2)11-15-17-18-16-11/h3-6,8,10H,13H2,1-2H3,(H,14,19)(H,15,16,17,18). The van der Waals surface area contributed by atoms with Crippen LogP contribution < -0.4 is 11.1 Å². The number of nitrogens with two attached hydrogens (primary N) is 1. The number of rotatable bonds is 4. The van der Waals surface area contributed by atoms with Crippen molar-refractivity contribution in [2.24, 2.45) is 5.73 Å². The van der Waals surface area contributed by atoms with Gasteiger partial charge in [-0.15, -0.1) is 10.2 Å². The third kappa shape index (κ3) is 3.14. The van der Waals surface area contributed by atoms with Crippen LogP contribution >= 0.6 is 0 Å². The van der Waals surface area contributed by atoms with Crippen LogP contribution in [0.2, 0.25) is 0 Å². The van der Waals surface area contributed by atoms with Gasteiger partial charge in [-0.1, -0.05) is 35.0 Å². The van der Waals surface area contributed by atoms with Crippen LogP contribution in [0.4, 0.5) is 0 Å². The first kappa shape index (κ1) is 13.2. The van der Waals surface area contributed by atoms with E-state index in [1.807, 2.05) is 31.2 Å². The Labute approximate surface area is 110 Å². The van der Waals surface area contributed by atoms with Gasteiger partial charge >= 0.3 is 0 Å². The molecule has 0 aliphatic heterocycles. The van der Waals surface area contributed by atoms with Gasteiger partial charge in [0.25, 0.3) is 0 Å². The first-order valence-electron chi connectivity index (χ1n) is 5.94. The minimum atomic E-state index is -0.713. The van der Waals surface area contributed by atoms with Crippen LogP contribution in [0.15, 0.2) is 24.3 Å². The Morgan fingerprint density at radius 2 is 2.05 bits per heavy atom. The maximum atomic E-state index is 12.0. The summed E-state index contributed by atoms with van der Waals surface area (Å²) in [4.78, 5) is 12.0. The Hall–Kier alpha value is -2.28. The normalized spacial score (nSPS) is 13.8. The highest BCUT2D eigenvalue weighted by Gasteiger charge is 2.19. The molecule has 2 unspecified atom stereocenters. The molecule has 0 fully saturated rings. The second-order valence-corrected chi connectivity index (χ2v) is 4.39. The summed E-state index contributed by atoms with van der Waals surface area (Å²) in [5, 5.41) is 16.1. The lowest BCUT2D eigenvalue weighted by Crippen LogP contribution is -2.36. The van der Waals surface area contributed by atoms with Crippen molar-refractivity contribution >= 4 is 5.91 Å². The minimum absolute atomic E-state index is 0.277. The fourth-order valence-electron chi connectivity index (χ4n) is 1.65. The fourth-order valence-corrected chi connectivity index (χ4v) is 1.65. The molecule has 0 radical (unpaired) electrons. The Morgan fingerprint density at radius 1 is 1.37 bits per heavy atom. The van der Waals surface area contributed by atoms with Crippen molar-refractivity contribution in [3.8, 4) is 0 Å². The molecule has 7 nitrogen and oxygen atoms in total. The molecule has 1 amide bonds. The van der Waals surface area contributed by atoms with Gasteiger partial charge in [0.2, 0.25) is 5.91 Å².